The Morgan fingerprint density at radius 1 is 1.31 bits per heavy atom. The number of aliphatic hydroxyl groups excluding tert-OH is 1. The summed E-state index contributed by atoms with van der Waals surface area (Å²) in [6.45, 7) is 6.81. The summed E-state index contributed by atoms with van der Waals surface area (Å²) in [5, 5.41) is 12.1. The molecule has 0 aliphatic carbocycles. The molecule has 3 saturated heterocycles. The minimum Gasteiger partial charge on any atom is -0.466 e. The number of rotatable bonds is 12. The lowest BCUT2D eigenvalue weighted by Gasteiger charge is -2.35. The molecule has 0 aromatic rings. The highest BCUT2D eigenvalue weighted by molar-refractivity contribution is 9.09. The molecule has 3 aliphatic rings. The molecule has 182 valence electrons. The van der Waals surface area contributed by atoms with Crippen LogP contribution in [0.5, 0.6) is 0 Å². The van der Waals surface area contributed by atoms with Crippen LogP contribution in [0.1, 0.15) is 65.7 Å². The predicted molar refractivity (Wildman–Crippen MR) is 129 cm³/mol. The molecule has 0 saturated carbocycles. The van der Waals surface area contributed by atoms with Gasteiger partial charge in [0.05, 0.1) is 23.2 Å². The van der Waals surface area contributed by atoms with Crippen LogP contribution in [0.15, 0.2) is 0 Å². The summed E-state index contributed by atoms with van der Waals surface area (Å²) in [7, 11) is 0. The molecule has 2 bridgehead atoms. The Morgan fingerprint density at radius 2 is 2.03 bits per heavy atom. The van der Waals surface area contributed by atoms with Crippen molar-refractivity contribution in [1.29, 1.82) is 0 Å². The SMILES string of the molecule is CCCC(C)NC(=O)C1N(CCCCCCO)C(=O)[C@@H]2[C@@H](C(=O)OCC)[C@@H]3SC12CC3Br. The molecule has 1 spiro atoms. The van der Waals surface area contributed by atoms with Crippen LogP contribution in [0, 0.1) is 11.8 Å². The summed E-state index contributed by atoms with van der Waals surface area (Å²) >= 11 is 5.39. The fourth-order valence-electron chi connectivity index (χ4n) is 5.75. The number of carbonyl (C=O) groups is 3. The van der Waals surface area contributed by atoms with Gasteiger partial charge in [0.15, 0.2) is 0 Å². The molecule has 3 heterocycles. The average molecular weight is 534 g/mol. The van der Waals surface area contributed by atoms with Crippen molar-refractivity contribution in [2.24, 2.45) is 11.8 Å². The Morgan fingerprint density at radius 3 is 2.69 bits per heavy atom. The minimum atomic E-state index is -0.603. The van der Waals surface area contributed by atoms with Gasteiger partial charge in [-0.05, 0) is 39.5 Å². The second-order valence-electron chi connectivity index (χ2n) is 9.28. The lowest BCUT2D eigenvalue weighted by atomic mass is 9.71. The highest BCUT2D eigenvalue weighted by Gasteiger charge is 2.75. The van der Waals surface area contributed by atoms with Crippen molar-refractivity contribution in [3.05, 3.63) is 0 Å². The number of hydrogen-bond donors (Lipinski definition) is 2. The number of thioether (sulfide) groups is 1. The Hall–Kier alpha value is -0.800. The molecular formula is C23H37BrN2O5S. The fourth-order valence-corrected chi connectivity index (χ4v) is 9.35. The lowest BCUT2D eigenvalue weighted by Crippen LogP contribution is -2.55. The molecule has 9 heteroatoms. The number of hydrogen-bond acceptors (Lipinski definition) is 6. The predicted octanol–water partition coefficient (Wildman–Crippen LogP) is 2.87. The van der Waals surface area contributed by atoms with Gasteiger partial charge in [-0.15, -0.1) is 11.8 Å². The number of esters is 1. The number of nitrogens with zero attached hydrogens (tertiary/aromatic N) is 1. The van der Waals surface area contributed by atoms with Gasteiger partial charge in [-0.25, -0.2) is 0 Å². The Balaban J connectivity index is 1.88. The molecule has 0 aromatic heterocycles. The van der Waals surface area contributed by atoms with Crippen LogP contribution in [0.4, 0.5) is 0 Å². The molecule has 7 atom stereocenters. The third-order valence-corrected chi connectivity index (χ3v) is 10.2. The van der Waals surface area contributed by atoms with Crippen LogP contribution in [0.2, 0.25) is 0 Å². The molecular weight excluding hydrogens is 496 g/mol. The topological polar surface area (TPSA) is 95.9 Å². The Bertz CT molecular complexity index is 710. The van der Waals surface area contributed by atoms with Crippen molar-refractivity contribution in [3.8, 4) is 0 Å². The maximum Gasteiger partial charge on any atom is 0.310 e. The normalized spacial score (nSPS) is 34.0. The van der Waals surface area contributed by atoms with Gasteiger partial charge in [0, 0.05) is 29.3 Å². The standard InChI is InChI=1S/C23H37BrN2O5S/c1-4-10-14(3)25-20(28)19-23-13-15(24)18(32-23)16(22(30)31-5-2)17(23)21(29)26(19)11-8-6-7-9-12-27/h14-19,27H,4-13H2,1-3H3,(H,25,28)/t14?,15?,16-,17+,18-,19?,23?/m1/s1. The van der Waals surface area contributed by atoms with E-state index in [1.807, 2.05) is 6.92 Å². The monoisotopic (exact) mass is 532 g/mol. The number of likely N-dealkylation sites (tertiary alicyclic amines) is 1. The van der Waals surface area contributed by atoms with Gasteiger partial charge in [0.2, 0.25) is 11.8 Å². The van der Waals surface area contributed by atoms with Crippen LogP contribution in [0.25, 0.3) is 0 Å². The van der Waals surface area contributed by atoms with Crippen molar-refractivity contribution in [1.82, 2.24) is 10.2 Å². The van der Waals surface area contributed by atoms with E-state index in [1.165, 1.54) is 0 Å². The minimum absolute atomic E-state index is 0.0358. The molecule has 0 radical (unpaired) electrons. The first-order valence-corrected chi connectivity index (χ1v) is 13.8. The first-order chi connectivity index (χ1) is 15.3. The lowest BCUT2D eigenvalue weighted by molar-refractivity contribution is -0.153. The van der Waals surface area contributed by atoms with Gasteiger partial charge in [-0.2, -0.15) is 0 Å². The van der Waals surface area contributed by atoms with Crippen LogP contribution >= 0.6 is 27.7 Å². The van der Waals surface area contributed by atoms with Crippen LogP contribution < -0.4 is 5.32 Å². The zero-order valence-electron chi connectivity index (χ0n) is 19.3. The molecule has 32 heavy (non-hydrogen) atoms. The molecule has 0 aromatic carbocycles. The summed E-state index contributed by atoms with van der Waals surface area (Å²) in [5.41, 5.74) is 0. The molecule has 7 nitrogen and oxygen atoms in total. The number of ether oxygens (including phenoxy) is 1. The second kappa shape index (κ2) is 11.1. The summed E-state index contributed by atoms with van der Waals surface area (Å²) < 4.78 is 4.76. The molecule has 4 unspecified atom stereocenters. The van der Waals surface area contributed by atoms with Crippen LogP contribution in [-0.2, 0) is 19.1 Å². The van der Waals surface area contributed by atoms with E-state index in [-0.39, 0.29) is 47.1 Å². The van der Waals surface area contributed by atoms with Crippen molar-refractivity contribution >= 4 is 45.5 Å². The van der Waals surface area contributed by atoms with E-state index in [1.54, 1.807) is 23.6 Å². The van der Waals surface area contributed by atoms with Gasteiger partial charge in [-0.1, -0.05) is 42.1 Å². The van der Waals surface area contributed by atoms with E-state index in [4.69, 9.17) is 9.84 Å². The molecule has 3 aliphatic heterocycles. The maximum atomic E-state index is 13.7. The molecule has 2 N–H and O–H groups in total. The highest BCUT2D eigenvalue weighted by atomic mass is 79.9. The van der Waals surface area contributed by atoms with E-state index in [0.29, 0.717) is 13.0 Å². The first-order valence-electron chi connectivity index (χ1n) is 12.0. The quantitative estimate of drug-likeness (QED) is 0.228. The zero-order valence-corrected chi connectivity index (χ0v) is 21.8. The van der Waals surface area contributed by atoms with E-state index in [9.17, 15) is 14.4 Å². The zero-order chi connectivity index (χ0) is 23.5. The number of unbranched alkanes of at least 4 members (excludes halogenated alkanes) is 3. The van der Waals surface area contributed by atoms with E-state index in [2.05, 4.69) is 28.2 Å². The number of alkyl halides is 1. The summed E-state index contributed by atoms with van der Waals surface area (Å²) in [4.78, 5) is 42.0. The third kappa shape index (κ3) is 4.71. The van der Waals surface area contributed by atoms with E-state index in [0.717, 1.165) is 38.5 Å². The summed E-state index contributed by atoms with van der Waals surface area (Å²) in [5.74, 6) is -1.54. The van der Waals surface area contributed by atoms with Gasteiger partial charge >= 0.3 is 5.97 Å². The second-order valence-corrected chi connectivity index (χ2v) is 12.0. The number of amides is 2. The largest absolute Gasteiger partial charge is 0.466 e. The molecule has 3 fully saturated rings. The number of nitrogens with one attached hydrogen (secondary N) is 1. The smallest absolute Gasteiger partial charge is 0.310 e. The maximum absolute atomic E-state index is 13.7. The highest BCUT2D eigenvalue weighted by Crippen LogP contribution is 2.67. The van der Waals surface area contributed by atoms with Gasteiger partial charge in [0.25, 0.3) is 0 Å². The molecule has 3 rings (SSSR count). The Kier molecular flexibility index (Phi) is 8.94. The summed E-state index contributed by atoms with van der Waals surface area (Å²) in [6.07, 6.45) is 5.84. The van der Waals surface area contributed by atoms with Crippen molar-refractivity contribution < 1.29 is 24.2 Å². The van der Waals surface area contributed by atoms with Crippen LogP contribution in [-0.4, -0.2) is 74.5 Å². The van der Waals surface area contributed by atoms with Crippen molar-refractivity contribution in [3.63, 3.8) is 0 Å². The van der Waals surface area contributed by atoms with Gasteiger partial charge in [-0.3, -0.25) is 14.4 Å². The van der Waals surface area contributed by atoms with E-state index >= 15 is 0 Å². The summed E-state index contributed by atoms with van der Waals surface area (Å²) in [6, 6.07) is -0.541. The van der Waals surface area contributed by atoms with Crippen molar-refractivity contribution in [2.45, 2.75) is 92.6 Å². The van der Waals surface area contributed by atoms with Gasteiger partial charge < -0.3 is 20.1 Å². The molecule has 2 amide bonds. The Labute approximate surface area is 203 Å². The third-order valence-electron chi connectivity index (χ3n) is 7.01. The number of fused-ring (bicyclic) bond motifs is 1. The number of halogens is 1. The van der Waals surface area contributed by atoms with Crippen molar-refractivity contribution in [2.75, 3.05) is 19.8 Å². The average Bonchev–Trinajstić information content (AvgIpc) is 3.32. The number of carbonyl (C=O) groups excluding carboxylic acids is 3. The first kappa shape index (κ1) is 25.8. The van der Waals surface area contributed by atoms with E-state index < -0.39 is 22.6 Å². The van der Waals surface area contributed by atoms with Crippen LogP contribution in [0.3, 0.4) is 0 Å². The van der Waals surface area contributed by atoms with Gasteiger partial charge in [0.1, 0.15) is 6.04 Å². The number of aliphatic hydroxyl groups is 1. The fraction of sp³-hybridized carbons (Fsp3) is 0.870.